The van der Waals surface area contributed by atoms with Crippen LogP contribution in [-0.4, -0.2) is 49.3 Å². The zero-order valence-corrected chi connectivity index (χ0v) is 12.5. The highest BCUT2D eigenvalue weighted by atomic mass is 16.6. The molecule has 1 aromatic carbocycles. The van der Waals surface area contributed by atoms with E-state index in [2.05, 4.69) is 4.98 Å². The van der Waals surface area contributed by atoms with E-state index < -0.39 is 10.9 Å². The summed E-state index contributed by atoms with van der Waals surface area (Å²) in [6.45, 7) is 2.19. The number of nitrogens with zero attached hydrogens (tertiary/aromatic N) is 3. The van der Waals surface area contributed by atoms with E-state index in [-0.39, 0.29) is 11.4 Å². The molecule has 0 amide bonds. The number of carbonyl (C=O) groups is 1. The normalized spacial score (nSPS) is 14.7. The Labute approximate surface area is 131 Å². The summed E-state index contributed by atoms with van der Waals surface area (Å²) in [5, 5.41) is 12.2. The van der Waals surface area contributed by atoms with Crippen LogP contribution in [0.4, 0.5) is 11.4 Å². The quantitative estimate of drug-likeness (QED) is 0.483. The third kappa shape index (κ3) is 2.68. The third-order valence-electron chi connectivity index (χ3n) is 3.79. The molecule has 0 atom stereocenters. The lowest BCUT2D eigenvalue weighted by molar-refractivity contribution is -0.383. The van der Waals surface area contributed by atoms with E-state index in [9.17, 15) is 14.9 Å². The largest absolute Gasteiger partial charge is 0.464 e. The first-order valence-electron chi connectivity index (χ1n) is 7.10. The smallest absolute Gasteiger partial charge is 0.358 e. The Morgan fingerprint density at radius 3 is 2.74 bits per heavy atom. The molecular formula is C15H15N3O5. The maximum absolute atomic E-state index is 12.1. The number of anilines is 1. The molecule has 0 aliphatic carbocycles. The van der Waals surface area contributed by atoms with Gasteiger partial charge in [-0.15, -0.1) is 0 Å². The van der Waals surface area contributed by atoms with E-state index in [1.54, 1.807) is 12.1 Å². The summed E-state index contributed by atoms with van der Waals surface area (Å²) in [5.74, 6) is -0.570. The maximum Gasteiger partial charge on any atom is 0.358 e. The standard InChI is InChI=1S/C15H15N3O5/c1-22-15(19)13-14(17-5-7-23-8-6-17)10-3-2-4-12(18(20)21)11(10)9-16-13/h2-4,9H,5-8H2,1H3. The molecule has 2 heterocycles. The van der Waals surface area contributed by atoms with E-state index in [0.29, 0.717) is 42.8 Å². The highest BCUT2D eigenvalue weighted by molar-refractivity contribution is 6.07. The van der Waals surface area contributed by atoms with Gasteiger partial charge in [0.1, 0.15) is 0 Å². The lowest BCUT2D eigenvalue weighted by atomic mass is 10.1. The first-order chi connectivity index (χ1) is 11.1. The molecule has 1 aliphatic rings. The number of fused-ring (bicyclic) bond motifs is 1. The lowest BCUT2D eigenvalue weighted by Gasteiger charge is -2.30. The molecule has 0 radical (unpaired) electrons. The Kier molecular flexibility index (Phi) is 4.07. The van der Waals surface area contributed by atoms with Crippen LogP contribution in [0.2, 0.25) is 0 Å². The minimum atomic E-state index is -0.570. The minimum absolute atomic E-state index is 0.0408. The summed E-state index contributed by atoms with van der Waals surface area (Å²) < 4.78 is 10.1. The maximum atomic E-state index is 12.1. The molecule has 0 saturated carbocycles. The third-order valence-corrected chi connectivity index (χ3v) is 3.79. The Balaban J connectivity index is 2.27. The van der Waals surface area contributed by atoms with Gasteiger partial charge in [0.25, 0.3) is 5.69 Å². The summed E-state index contributed by atoms with van der Waals surface area (Å²) in [6.07, 6.45) is 1.35. The molecule has 0 spiro atoms. The van der Waals surface area contributed by atoms with Crippen molar-refractivity contribution in [3.05, 3.63) is 40.2 Å². The van der Waals surface area contributed by atoms with E-state index in [1.165, 1.54) is 19.4 Å². The first kappa shape index (κ1) is 15.2. The molecule has 8 heteroatoms. The van der Waals surface area contributed by atoms with E-state index in [4.69, 9.17) is 9.47 Å². The van der Waals surface area contributed by atoms with Crippen LogP contribution in [0.1, 0.15) is 10.5 Å². The average Bonchev–Trinajstić information content (AvgIpc) is 2.60. The van der Waals surface area contributed by atoms with Gasteiger partial charge in [-0.2, -0.15) is 0 Å². The van der Waals surface area contributed by atoms with Crippen LogP contribution in [-0.2, 0) is 9.47 Å². The second-order valence-electron chi connectivity index (χ2n) is 5.04. The van der Waals surface area contributed by atoms with Crippen LogP contribution in [0.3, 0.4) is 0 Å². The number of methoxy groups -OCH3 is 1. The summed E-state index contributed by atoms with van der Waals surface area (Å²) in [6, 6.07) is 4.78. The van der Waals surface area contributed by atoms with Crippen molar-refractivity contribution in [2.24, 2.45) is 0 Å². The molecule has 23 heavy (non-hydrogen) atoms. The Morgan fingerprint density at radius 1 is 1.35 bits per heavy atom. The monoisotopic (exact) mass is 317 g/mol. The number of morpholine rings is 1. The van der Waals surface area contributed by atoms with Gasteiger partial charge < -0.3 is 14.4 Å². The van der Waals surface area contributed by atoms with Gasteiger partial charge in [-0.3, -0.25) is 10.1 Å². The van der Waals surface area contributed by atoms with Crippen molar-refractivity contribution in [3.63, 3.8) is 0 Å². The summed E-state index contributed by atoms with van der Waals surface area (Å²) in [4.78, 5) is 28.9. The molecule has 1 aromatic heterocycles. The van der Waals surface area contributed by atoms with Gasteiger partial charge in [0.05, 0.1) is 36.3 Å². The molecule has 0 bridgehead atoms. The molecule has 3 rings (SSSR count). The van der Waals surface area contributed by atoms with E-state index in [0.717, 1.165) is 0 Å². The topological polar surface area (TPSA) is 94.8 Å². The van der Waals surface area contributed by atoms with Crippen molar-refractivity contribution in [3.8, 4) is 0 Å². The molecule has 120 valence electrons. The molecule has 0 N–H and O–H groups in total. The zero-order chi connectivity index (χ0) is 16.4. The molecule has 1 aliphatic heterocycles. The van der Waals surface area contributed by atoms with Crippen LogP contribution >= 0.6 is 0 Å². The Bertz CT molecular complexity index is 771. The SMILES string of the molecule is COC(=O)c1ncc2c([N+](=O)[O-])cccc2c1N1CCOCC1. The van der Waals surface area contributed by atoms with Gasteiger partial charge in [0.2, 0.25) is 0 Å². The molecule has 2 aromatic rings. The highest BCUT2D eigenvalue weighted by Gasteiger charge is 2.25. The Hall–Kier alpha value is -2.74. The Morgan fingerprint density at radius 2 is 2.09 bits per heavy atom. The molecule has 1 saturated heterocycles. The second-order valence-corrected chi connectivity index (χ2v) is 5.04. The van der Waals surface area contributed by atoms with Crippen molar-refractivity contribution >= 4 is 28.1 Å². The average molecular weight is 317 g/mol. The number of esters is 1. The lowest BCUT2D eigenvalue weighted by Crippen LogP contribution is -2.37. The number of pyridine rings is 1. The van der Waals surface area contributed by atoms with Gasteiger partial charge in [-0.1, -0.05) is 12.1 Å². The van der Waals surface area contributed by atoms with Crippen LogP contribution in [0.5, 0.6) is 0 Å². The number of nitro benzene ring substituents is 1. The molecular weight excluding hydrogens is 302 g/mol. The van der Waals surface area contributed by atoms with Gasteiger partial charge >= 0.3 is 5.97 Å². The number of hydrogen-bond acceptors (Lipinski definition) is 7. The number of non-ortho nitro benzene ring substituents is 1. The van der Waals surface area contributed by atoms with Crippen LogP contribution < -0.4 is 4.90 Å². The first-order valence-corrected chi connectivity index (χ1v) is 7.10. The fourth-order valence-electron chi connectivity index (χ4n) is 2.73. The van der Waals surface area contributed by atoms with Crippen molar-refractivity contribution in [1.82, 2.24) is 4.98 Å². The summed E-state index contributed by atoms with van der Waals surface area (Å²) >= 11 is 0. The number of hydrogen-bond donors (Lipinski definition) is 0. The number of carbonyl (C=O) groups excluding carboxylic acids is 1. The fourth-order valence-corrected chi connectivity index (χ4v) is 2.73. The highest BCUT2D eigenvalue weighted by Crippen LogP contribution is 2.34. The number of aromatic nitrogens is 1. The van der Waals surface area contributed by atoms with E-state index in [1.807, 2.05) is 4.90 Å². The van der Waals surface area contributed by atoms with Gasteiger partial charge in [-0.25, -0.2) is 9.78 Å². The van der Waals surface area contributed by atoms with Crippen LogP contribution in [0, 0.1) is 10.1 Å². The number of nitro groups is 1. The number of ether oxygens (including phenoxy) is 2. The predicted octanol–water partition coefficient (Wildman–Crippen LogP) is 1.77. The van der Waals surface area contributed by atoms with Gasteiger partial charge in [-0.05, 0) is 0 Å². The van der Waals surface area contributed by atoms with Gasteiger partial charge in [0.15, 0.2) is 5.69 Å². The summed E-state index contributed by atoms with van der Waals surface area (Å²) in [7, 11) is 1.28. The van der Waals surface area contributed by atoms with Crippen molar-refractivity contribution < 1.29 is 19.2 Å². The van der Waals surface area contributed by atoms with Crippen molar-refractivity contribution in [2.45, 2.75) is 0 Å². The summed E-state index contributed by atoms with van der Waals surface area (Å²) in [5.41, 5.74) is 0.671. The molecule has 8 nitrogen and oxygen atoms in total. The predicted molar refractivity (Wildman–Crippen MR) is 82.8 cm³/mol. The van der Waals surface area contributed by atoms with Crippen molar-refractivity contribution in [2.75, 3.05) is 38.3 Å². The van der Waals surface area contributed by atoms with E-state index >= 15 is 0 Å². The number of rotatable bonds is 3. The molecule has 0 unspecified atom stereocenters. The molecule has 1 fully saturated rings. The minimum Gasteiger partial charge on any atom is -0.464 e. The zero-order valence-electron chi connectivity index (χ0n) is 12.5. The van der Waals surface area contributed by atoms with Crippen LogP contribution in [0.15, 0.2) is 24.4 Å². The second kappa shape index (κ2) is 6.17. The van der Waals surface area contributed by atoms with Crippen LogP contribution in [0.25, 0.3) is 10.8 Å². The van der Waals surface area contributed by atoms with Gasteiger partial charge in [0, 0.05) is 30.7 Å². The fraction of sp³-hybridized carbons (Fsp3) is 0.333. The number of benzene rings is 1. The van der Waals surface area contributed by atoms with Crippen molar-refractivity contribution in [1.29, 1.82) is 0 Å².